The van der Waals surface area contributed by atoms with Crippen LogP contribution in [0, 0.1) is 12.8 Å². The average Bonchev–Trinajstić information content (AvgIpc) is 3.20. The van der Waals surface area contributed by atoms with Gasteiger partial charge >= 0.3 is 6.09 Å². The van der Waals surface area contributed by atoms with E-state index in [4.69, 9.17) is 4.74 Å². The van der Waals surface area contributed by atoms with E-state index in [1.54, 1.807) is 0 Å². The Morgan fingerprint density at radius 3 is 2.48 bits per heavy atom. The van der Waals surface area contributed by atoms with Crippen LogP contribution in [0.1, 0.15) is 67.9 Å². The third-order valence-electron chi connectivity index (χ3n) is 6.56. The van der Waals surface area contributed by atoms with Gasteiger partial charge in [-0.25, -0.2) is 4.79 Å². The van der Waals surface area contributed by atoms with Gasteiger partial charge in [-0.15, -0.1) is 0 Å². The summed E-state index contributed by atoms with van der Waals surface area (Å²) in [6, 6.07) is 18.3. The summed E-state index contributed by atoms with van der Waals surface area (Å²) in [4.78, 5) is 24.3. The summed E-state index contributed by atoms with van der Waals surface area (Å²) in [6.45, 7) is 3.75. The number of aryl methyl sites for hydroxylation is 1. The number of carbonyl (C=O) groups is 2. The second-order valence-electron chi connectivity index (χ2n) is 8.80. The summed E-state index contributed by atoms with van der Waals surface area (Å²) in [5.41, 5.74) is 4.80. The van der Waals surface area contributed by atoms with E-state index in [2.05, 4.69) is 34.0 Å². The van der Waals surface area contributed by atoms with E-state index >= 15 is 0 Å². The number of rotatable bonds is 7. The summed E-state index contributed by atoms with van der Waals surface area (Å²) >= 11 is 1.38. The first-order valence-electron chi connectivity index (χ1n) is 11.6. The highest BCUT2D eigenvalue weighted by atomic mass is 32.1. The smallest absolute Gasteiger partial charge is 0.412 e. The third-order valence-corrected chi connectivity index (χ3v) is 7.55. The van der Waals surface area contributed by atoms with Gasteiger partial charge in [0.2, 0.25) is 0 Å². The Balaban J connectivity index is 1.42. The number of hydrogen-bond acceptors (Lipinski definition) is 5. The third kappa shape index (κ3) is 5.69. The maximum atomic E-state index is 12.6. The molecule has 4 rings (SSSR count). The van der Waals surface area contributed by atoms with Gasteiger partial charge in [0.1, 0.15) is 12.4 Å². The second-order valence-corrected chi connectivity index (χ2v) is 9.57. The highest BCUT2D eigenvalue weighted by Gasteiger charge is 2.23. The van der Waals surface area contributed by atoms with Crippen molar-refractivity contribution in [2.75, 3.05) is 5.32 Å². The standard InChI is InChI=1S/C27H30N2O3S/c1-18-25(28-27(31)32-19(2)21-6-4-3-5-7-21)26(33-29-18)24-14-12-23(13-15-24)22-10-8-20(9-11-22)16-17-30/h3-7,12-15,17,19-20,22H,8-11,16H2,1-2H3,(H,28,31)/t19-,20-,22-/m1/s1. The summed E-state index contributed by atoms with van der Waals surface area (Å²) in [5.74, 6) is 1.10. The molecule has 172 valence electrons. The number of anilines is 1. The maximum Gasteiger partial charge on any atom is 0.412 e. The lowest BCUT2D eigenvalue weighted by atomic mass is 9.77. The van der Waals surface area contributed by atoms with Crippen LogP contribution < -0.4 is 5.32 Å². The molecule has 0 saturated heterocycles. The van der Waals surface area contributed by atoms with Crippen molar-refractivity contribution >= 4 is 29.6 Å². The van der Waals surface area contributed by atoms with Gasteiger partial charge in [-0.2, -0.15) is 4.37 Å². The van der Waals surface area contributed by atoms with Crippen LogP contribution >= 0.6 is 11.5 Å². The Labute approximate surface area is 199 Å². The first-order valence-corrected chi connectivity index (χ1v) is 12.3. The van der Waals surface area contributed by atoms with E-state index in [0.29, 0.717) is 23.9 Å². The van der Waals surface area contributed by atoms with Crippen LogP contribution in [0.15, 0.2) is 54.6 Å². The van der Waals surface area contributed by atoms with Crippen LogP contribution in [0.2, 0.25) is 0 Å². The molecule has 5 nitrogen and oxygen atoms in total. The zero-order chi connectivity index (χ0) is 23.2. The van der Waals surface area contributed by atoms with Gasteiger partial charge in [-0.3, -0.25) is 5.32 Å². The van der Waals surface area contributed by atoms with Crippen molar-refractivity contribution < 1.29 is 14.3 Å². The number of amides is 1. The summed E-state index contributed by atoms with van der Waals surface area (Å²) in [7, 11) is 0. The Morgan fingerprint density at radius 2 is 1.82 bits per heavy atom. The largest absolute Gasteiger partial charge is 0.441 e. The van der Waals surface area contributed by atoms with Crippen molar-refractivity contribution in [1.29, 1.82) is 0 Å². The number of nitrogens with one attached hydrogen (secondary N) is 1. The Hall–Kier alpha value is -2.99. The number of benzene rings is 2. The molecule has 1 atom stereocenters. The van der Waals surface area contributed by atoms with Gasteiger partial charge in [-0.1, -0.05) is 54.6 Å². The Kier molecular flexibility index (Phi) is 7.55. The van der Waals surface area contributed by atoms with E-state index in [1.807, 2.05) is 44.2 Å². The first-order chi connectivity index (χ1) is 16.0. The van der Waals surface area contributed by atoms with Crippen LogP contribution in [0.4, 0.5) is 10.5 Å². The van der Waals surface area contributed by atoms with Crippen LogP contribution in [-0.2, 0) is 9.53 Å². The zero-order valence-corrected chi connectivity index (χ0v) is 19.9. The SMILES string of the molecule is Cc1nsc(-c2ccc([C@H]3CC[C@H](CC=O)CC3)cc2)c1NC(=O)O[C@H](C)c1ccccc1. The summed E-state index contributed by atoms with van der Waals surface area (Å²) in [6.07, 6.45) is 5.43. The zero-order valence-electron chi connectivity index (χ0n) is 19.1. The van der Waals surface area contributed by atoms with E-state index in [9.17, 15) is 9.59 Å². The number of nitrogens with zero attached hydrogens (tertiary/aromatic N) is 1. The molecule has 1 aliphatic rings. The summed E-state index contributed by atoms with van der Waals surface area (Å²) in [5, 5.41) is 2.91. The monoisotopic (exact) mass is 462 g/mol. The lowest BCUT2D eigenvalue weighted by Crippen LogP contribution is -2.16. The molecule has 1 fully saturated rings. The molecule has 6 heteroatoms. The van der Waals surface area contributed by atoms with Crippen LogP contribution in [-0.4, -0.2) is 16.8 Å². The summed E-state index contributed by atoms with van der Waals surface area (Å²) < 4.78 is 10.0. The number of aldehydes is 1. The van der Waals surface area contributed by atoms with Crippen LogP contribution in [0.5, 0.6) is 0 Å². The van der Waals surface area contributed by atoms with Gasteiger partial charge < -0.3 is 9.53 Å². The molecule has 3 aromatic rings. The molecule has 1 N–H and O–H groups in total. The molecule has 0 bridgehead atoms. The molecule has 0 unspecified atom stereocenters. The van der Waals surface area contributed by atoms with Crippen molar-refractivity contribution in [2.45, 2.75) is 58.0 Å². The molecule has 2 aromatic carbocycles. The predicted molar refractivity (Wildman–Crippen MR) is 133 cm³/mol. The van der Waals surface area contributed by atoms with Crippen molar-refractivity contribution in [3.8, 4) is 10.4 Å². The van der Waals surface area contributed by atoms with E-state index in [-0.39, 0.29) is 6.10 Å². The average molecular weight is 463 g/mol. The fraction of sp³-hybridized carbons (Fsp3) is 0.370. The molecule has 33 heavy (non-hydrogen) atoms. The molecule has 1 saturated carbocycles. The van der Waals surface area contributed by atoms with Crippen molar-refractivity contribution in [2.24, 2.45) is 5.92 Å². The van der Waals surface area contributed by atoms with Gasteiger partial charge in [0, 0.05) is 6.42 Å². The predicted octanol–water partition coefficient (Wildman–Crippen LogP) is 7.29. The van der Waals surface area contributed by atoms with Gasteiger partial charge in [0.05, 0.1) is 16.3 Å². The van der Waals surface area contributed by atoms with E-state index in [0.717, 1.165) is 53.7 Å². The fourth-order valence-electron chi connectivity index (χ4n) is 4.57. The fourth-order valence-corrected chi connectivity index (χ4v) is 5.42. The lowest BCUT2D eigenvalue weighted by Gasteiger charge is -2.27. The second kappa shape index (κ2) is 10.8. The highest BCUT2D eigenvalue weighted by molar-refractivity contribution is 7.10. The van der Waals surface area contributed by atoms with E-state index < -0.39 is 6.09 Å². The number of ether oxygens (including phenoxy) is 1. The highest BCUT2D eigenvalue weighted by Crippen LogP contribution is 2.39. The number of aromatic nitrogens is 1. The van der Waals surface area contributed by atoms with Crippen molar-refractivity contribution in [3.63, 3.8) is 0 Å². The van der Waals surface area contributed by atoms with Gasteiger partial charge in [0.25, 0.3) is 0 Å². The van der Waals surface area contributed by atoms with Gasteiger partial charge in [-0.05, 0) is 79.6 Å². The molecular weight excluding hydrogens is 432 g/mol. The molecule has 1 aromatic heterocycles. The van der Waals surface area contributed by atoms with Crippen LogP contribution in [0.25, 0.3) is 10.4 Å². The minimum atomic E-state index is -0.486. The molecule has 1 aliphatic carbocycles. The Bertz CT molecular complexity index is 1070. The molecule has 1 heterocycles. The first kappa shape index (κ1) is 23.2. The minimum Gasteiger partial charge on any atom is -0.441 e. The molecule has 0 aliphatic heterocycles. The number of carbonyl (C=O) groups excluding carboxylic acids is 2. The molecule has 1 amide bonds. The topological polar surface area (TPSA) is 68.3 Å². The normalized spacial score (nSPS) is 19.0. The minimum absolute atomic E-state index is 0.345. The van der Waals surface area contributed by atoms with Crippen molar-refractivity contribution in [3.05, 3.63) is 71.4 Å². The van der Waals surface area contributed by atoms with E-state index in [1.165, 1.54) is 17.1 Å². The maximum absolute atomic E-state index is 12.6. The lowest BCUT2D eigenvalue weighted by molar-refractivity contribution is -0.108. The number of hydrogen-bond donors (Lipinski definition) is 1. The molecular formula is C27H30N2O3S. The van der Waals surface area contributed by atoms with Gasteiger partial charge in [0.15, 0.2) is 0 Å². The quantitative estimate of drug-likeness (QED) is 0.374. The Morgan fingerprint density at radius 1 is 1.12 bits per heavy atom. The van der Waals surface area contributed by atoms with Crippen LogP contribution in [0.3, 0.4) is 0 Å². The molecule has 0 radical (unpaired) electrons. The molecule has 0 spiro atoms. The van der Waals surface area contributed by atoms with Crippen molar-refractivity contribution in [1.82, 2.24) is 4.37 Å².